The van der Waals surface area contributed by atoms with Crippen LogP contribution in [-0.4, -0.2) is 37.1 Å². The lowest BCUT2D eigenvalue weighted by atomic mass is 10.1. The van der Waals surface area contributed by atoms with Gasteiger partial charge in [-0.25, -0.2) is 4.79 Å². The van der Waals surface area contributed by atoms with Crippen LogP contribution in [-0.2, 0) is 0 Å². The first-order valence-electron chi connectivity index (χ1n) is 9.20. The zero-order valence-corrected chi connectivity index (χ0v) is 16.8. The highest BCUT2D eigenvalue weighted by atomic mass is 16.5. The van der Waals surface area contributed by atoms with E-state index in [4.69, 9.17) is 9.47 Å². The number of para-hydroxylation sites is 1. The quantitative estimate of drug-likeness (QED) is 0.534. The van der Waals surface area contributed by atoms with Gasteiger partial charge in [0, 0.05) is 6.07 Å². The Balaban J connectivity index is 1.88. The lowest BCUT2D eigenvalue weighted by molar-refractivity contribution is 0.0692. The zero-order chi connectivity index (χ0) is 22.4. The number of aromatic carboxylic acids is 1. The first-order valence-corrected chi connectivity index (χ1v) is 9.20. The molecule has 0 radical (unpaired) electrons. The maximum Gasteiger partial charge on any atom is 0.336 e. The van der Waals surface area contributed by atoms with Crippen LogP contribution in [0.15, 0.2) is 66.7 Å². The molecule has 0 fully saturated rings. The number of hydrogen-bond acceptors (Lipinski definition) is 5. The Kier molecular flexibility index (Phi) is 6.51. The average molecular weight is 420 g/mol. The normalized spacial score (nSPS) is 10.1. The molecule has 0 spiro atoms. The van der Waals surface area contributed by atoms with Crippen LogP contribution in [0.4, 0.5) is 11.4 Å². The van der Waals surface area contributed by atoms with Crippen molar-refractivity contribution in [2.45, 2.75) is 0 Å². The SMILES string of the molecule is COc1ccc(OC)c(NC(=O)c2ccccc2NC(=O)c2ccccc2C(=O)O)c1. The van der Waals surface area contributed by atoms with E-state index in [1.54, 1.807) is 48.5 Å². The fourth-order valence-electron chi connectivity index (χ4n) is 2.95. The summed E-state index contributed by atoms with van der Waals surface area (Å²) in [5, 5.41) is 14.7. The van der Waals surface area contributed by atoms with Gasteiger partial charge >= 0.3 is 5.97 Å². The maximum absolute atomic E-state index is 12.9. The van der Waals surface area contributed by atoms with Gasteiger partial charge in [-0.15, -0.1) is 0 Å². The fourth-order valence-corrected chi connectivity index (χ4v) is 2.95. The average Bonchev–Trinajstić information content (AvgIpc) is 2.79. The van der Waals surface area contributed by atoms with Crippen molar-refractivity contribution in [3.05, 3.63) is 83.4 Å². The second-order valence-electron chi connectivity index (χ2n) is 6.37. The Bertz CT molecular complexity index is 1140. The third-order valence-electron chi connectivity index (χ3n) is 4.48. The number of rotatable bonds is 7. The molecule has 3 aromatic rings. The number of amides is 2. The van der Waals surface area contributed by atoms with Gasteiger partial charge in [0.15, 0.2) is 0 Å². The molecule has 0 aromatic heterocycles. The molecule has 3 aromatic carbocycles. The highest BCUT2D eigenvalue weighted by Gasteiger charge is 2.19. The van der Waals surface area contributed by atoms with Crippen LogP contribution in [0.3, 0.4) is 0 Å². The van der Waals surface area contributed by atoms with Crippen LogP contribution in [0, 0.1) is 0 Å². The number of benzene rings is 3. The second-order valence-corrected chi connectivity index (χ2v) is 6.37. The lowest BCUT2D eigenvalue weighted by Crippen LogP contribution is -2.20. The number of carboxylic acid groups (broad SMARTS) is 1. The van der Waals surface area contributed by atoms with Crippen LogP contribution in [0.5, 0.6) is 11.5 Å². The Morgan fingerprint density at radius 1 is 0.710 bits per heavy atom. The lowest BCUT2D eigenvalue weighted by Gasteiger charge is -2.14. The number of anilines is 2. The van der Waals surface area contributed by atoms with Crippen molar-refractivity contribution in [2.75, 3.05) is 24.9 Å². The van der Waals surface area contributed by atoms with Gasteiger partial charge in [0.2, 0.25) is 0 Å². The summed E-state index contributed by atoms with van der Waals surface area (Å²) in [4.78, 5) is 37.1. The summed E-state index contributed by atoms with van der Waals surface area (Å²) < 4.78 is 10.5. The molecule has 158 valence electrons. The van der Waals surface area contributed by atoms with Gasteiger partial charge in [-0.2, -0.15) is 0 Å². The highest BCUT2D eigenvalue weighted by Crippen LogP contribution is 2.30. The summed E-state index contributed by atoms with van der Waals surface area (Å²) >= 11 is 0. The predicted octanol–water partition coefficient (Wildman–Crippen LogP) is 3.91. The predicted molar refractivity (Wildman–Crippen MR) is 115 cm³/mol. The number of carbonyl (C=O) groups is 3. The molecule has 8 heteroatoms. The van der Waals surface area contributed by atoms with E-state index >= 15 is 0 Å². The summed E-state index contributed by atoms with van der Waals surface area (Å²) in [6.45, 7) is 0. The van der Waals surface area contributed by atoms with Crippen LogP contribution in [0.1, 0.15) is 31.1 Å². The molecule has 0 saturated carbocycles. The molecule has 0 aliphatic heterocycles. The number of methoxy groups -OCH3 is 2. The number of ether oxygens (including phenoxy) is 2. The van der Waals surface area contributed by atoms with E-state index in [0.717, 1.165) is 0 Å². The summed E-state index contributed by atoms with van der Waals surface area (Å²) in [7, 11) is 2.98. The number of nitrogens with one attached hydrogen (secondary N) is 2. The van der Waals surface area contributed by atoms with E-state index in [0.29, 0.717) is 17.2 Å². The van der Waals surface area contributed by atoms with Crippen LogP contribution < -0.4 is 20.1 Å². The van der Waals surface area contributed by atoms with E-state index in [9.17, 15) is 19.5 Å². The number of carboxylic acids is 1. The molecule has 0 atom stereocenters. The van der Waals surface area contributed by atoms with Crippen molar-refractivity contribution in [3.8, 4) is 11.5 Å². The second kappa shape index (κ2) is 9.45. The molecule has 0 heterocycles. The number of hydrogen-bond donors (Lipinski definition) is 3. The number of carbonyl (C=O) groups excluding carboxylic acids is 2. The summed E-state index contributed by atoms with van der Waals surface area (Å²) in [5.41, 5.74) is 0.660. The molecule has 0 aliphatic carbocycles. The van der Waals surface area contributed by atoms with Crippen LogP contribution in [0.2, 0.25) is 0 Å². The van der Waals surface area contributed by atoms with Gasteiger partial charge in [-0.05, 0) is 36.4 Å². The summed E-state index contributed by atoms with van der Waals surface area (Å²) in [6, 6.07) is 17.2. The van der Waals surface area contributed by atoms with Crippen molar-refractivity contribution in [2.24, 2.45) is 0 Å². The Labute approximate surface area is 178 Å². The first kappa shape index (κ1) is 21.4. The van der Waals surface area contributed by atoms with Crippen LogP contribution in [0.25, 0.3) is 0 Å². The molecule has 2 amide bonds. The van der Waals surface area contributed by atoms with Gasteiger partial charge in [0.05, 0.1) is 42.3 Å². The fraction of sp³-hybridized carbons (Fsp3) is 0.0870. The van der Waals surface area contributed by atoms with Gasteiger partial charge in [0.25, 0.3) is 11.8 Å². The molecule has 0 aliphatic rings. The summed E-state index contributed by atoms with van der Waals surface area (Å²) in [5.74, 6) is -1.39. The minimum absolute atomic E-state index is 0.0142. The molecule has 3 N–H and O–H groups in total. The van der Waals surface area contributed by atoms with Gasteiger partial charge in [0.1, 0.15) is 11.5 Å². The van der Waals surface area contributed by atoms with E-state index < -0.39 is 17.8 Å². The van der Waals surface area contributed by atoms with Crippen molar-refractivity contribution in [1.29, 1.82) is 0 Å². The topological polar surface area (TPSA) is 114 Å². The van der Waals surface area contributed by atoms with E-state index in [1.807, 2.05) is 0 Å². The monoisotopic (exact) mass is 420 g/mol. The molecule has 8 nitrogen and oxygen atoms in total. The zero-order valence-electron chi connectivity index (χ0n) is 16.8. The van der Waals surface area contributed by atoms with Crippen molar-refractivity contribution >= 4 is 29.2 Å². The molecular formula is C23H20N2O6. The third-order valence-corrected chi connectivity index (χ3v) is 4.48. The standard InChI is InChI=1S/C23H20N2O6/c1-30-14-11-12-20(31-2)19(13-14)25-22(27)17-9-5-6-10-18(17)24-21(26)15-7-3-4-8-16(15)23(28)29/h3-13H,1-2H3,(H,24,26)(H,25,27)(H,28,29). The van der Waals surface area contributed by atoms with E-state index in [-0.39, 0.29) is 22.4 Å². The molecule has 0 unspecified atom stereocenters. The Hall–Kier alpha value is -4.33. The first-order chi connectivity index (χ1) is 14.9. The Morgan fingerprint density at radius 2 is 1.29 bits per heavy atom. The van der Waals surface area contributed by atoms with Gasteiger partial charge < -0.3 is 25.2 Å². The van der Waals surface area contributed by atoms with Crippen LogP contribution >= 0.6 is 0 Å². The molecule has 0 bridgehead atoms. The minimum atomic E-state index is -1.22. The van der Waals surface area contributed by atoms with Gasteiger partial charge in [-0.3, -0.25) is 9.59 Å². The molecule has 0 saturated heterocycles. The molecule has 3 rings (SSSR count). The smallest absolute Gasteiger partial charge is 0.336 e. The largest absolute Gasteiger partial charge is 0.497 e. The Morgan fingerprint density at radius 3 is 1.94 bits per heavy atom. The minimum Gasteiger partial charge on any atom is -0.497 e. The van der Waals surface area contributed by atoms with Crippen molar-refractivity contribution < 1.29 is 29.0 Å². The van der Waals surface area contributed by atoms with E-state index in [2.05, 4.69) is 10.6 Å². The molecule has 31 heavy (non-hydrogen) atoms. The highest BCUT2D eigenvalue weighted by molar-refractivity contribution is 6.15. The van der Waals surface area contributed by atoms with Crippen molar-refractivity contribution in [1.82, 2.24) is 0 Å². The van der Waals surface area contributed by atoms with E-state index in [1.165, 1.54) is 32.4 Å². The van der Waals surface area contributed by atoms with Gasteiger partial charge in [-0.1, -0.05) is 24.3 Å². The third kappa shape index (κ3) is 4.81. The maximum atomic E-state index is 12.9. The van der Waals surface area contributed by atoms with Crippen molar-refractivity contribution in [3.63, 3.8) is 0 Å². The summed E-state index contributed by atoms with van der Waals surface area (Å²) in [6.07, 6.45) is 0. The molecular weight excluding hydrogens is 400 g/mol.